The molecule has 0 spiro atoms. The number of carbonyl (C=O) groups excluding carboxylic acids is 2. The minimum absolute atomic E-state index is 0.109. The highest BCUT2D eigenvalue weighted by Gasteiger charge is 2.42. The molecule has 2 amide bonds. The van der Waals surface area contributed by atoms with Gasteiger partial charge in [-0.15, -0.1) is 0 Å². The van der Waals surface area contributed by atoms with E-state index in [1.54, 1.807) is 0 Å². The lowest BCUT2D eigenvalue weighted by Crippen LogP contribution is -2.52. The zero-order valence-corrected chi connectivity index (χ0v) is 22.8. The van der Waals surface area contributed by atoms with E-state index in [2.05, 4.69) is 0 Å². The fourth-order valence-electron chi connectivity index (χ4n) is 6.27. The maximum absolute atomic E-state index is 13.6. The first-order valence-corrected chi connectivity index (χ1v) is 14.3. The van der Waals surface area contributed by atoms with Crippen LogP contribution in [0.5, 0.6) is 5.75 Å². The van der Waals surface area contributed by atoms with Gasteiger partial charge in [-0.3, -0.25) is 9.59 Å². The monoisotopic (exact) mass is 518 g/mol. The minimum atomic E-state index is -0.423. The Morgan fingerprint density at radius 1 is 0.972 bits per heavy atom. The van der Waals surface area contributed by atoms with Crippen molar-refractivity contribution in [3.63, 3.8) is 0 Å². The van der Waals surface area contributed by atoms with Gasteiger partial charge in [0.1, 0.15) is 5.75 Å². The van der Waals surface area contributed by atoms with Gasteiger partial charge in [-0.25, -0.2) is 0 Å². The van der Waals surface area contributed by atoms with Crippen molar-refractivity contribution in [3.8, 4) is 5.75 Å². The summed E-state index contributed by atoms with van der Waals surface area (Å²) in [5.41, 5.74) is 1.52. The Labute approximate surface area is 221 Å². The van der Waals surface area contributed by atoms with Crippen molar-refractivity contribution in [2.75, 3.05) is 32.8 Å². The number of benzene rings is 1. The SMILES string of the molecule is Cc1cc(OC[C@@]2(CC(=O)N3CCC(O)CC3)CCCN(C(=O)C3CCCCCC3)C2)cc(C)c1Cl. The van der Waals surface area contributed by atoms with Gasteiger partial charge in [-0.2, -0.15) is 0 Å². The van der Waals surface area contributed by atoms with Crippen LogP contribution in [0.1, 0.15) is 81.8 Å². The topological polar surface area (TPSA) is 70.1 Å². The van der Waals surface area contributed by atoms with Crippen LogP contribution in [0, 0.1) is 25.2 Å². The Hall–Kier alpha value is -1.79. The summed E-state index contributed by atoms with van der Waals surface area (Å²) >= 11 is 6.36. The first kappa shape index (κ1) is 27.3. The zero-order chi connectivity index (χ0) is 25.7. The van der Waals surface area contributed by atoms with E-state index in [-0.39, 0.29) is 23.8 Å². The van der Waals surface area contributed by atoms with Gasteiger partial charge < -0.3 is 19.6 Å². The first-order chi connectivity index (χ1) is 17.3. The molecule has 1 atom stereocenters. The van der Waals surface area contributed by atoms with E-state index in [0.29, 0.717) is 45.5 Å². The average Bonchev–Trinajstić information content (AvgIpc) is 3.16. The molecule has 6 nitrogen and oxygen atoms in total. The Morgan fingerprint density at radius 3 is 2.25 bits per heavy atom. The van der Waals surface area contributed by atoms with Crippen molar-refractivity contribution in [1.82, 2.24) is 9.80 Å². The molecule has 0 radical (unpaired) electrons. The number of aliphatic hydroxyl groups excluding tert-OH is 1. The standard InChI is InChI=1S/C29H43ClN2O4/c1-21-16-25(17-22(2)27(21)30)36-20-29(18-26(34)31-14-10-24(33)11-15-31)12-7-13-32(19-29)28(35)23-8-5-3-4-6-9-23/h16-17,23-24,33H,3-15,18-20H2,1-2H3/t29-/m1/s1. The number of carbonyl (C=O) groups is 2. The number of hydrogen-bond acceptors (Lipinski definition) is 4. The van der Waals surface area contributed by atoms with Gasteiger partial charge in [0.15, 0.2) is 0 Å². The fourth-order valence-corrected chi connectivity index (χ4v) is 6.38. The average molecular weight is 519 g/mol. The van der Waals surface area contributed by atoms with Gasteiger partial charge in [0.05, 0.1) is 12.7 Å². The normalized spacial score (nSPS) is 24.4. The van der Waals surface area contributed by atoms with Crippen LogP contribution < -0.4 is 4.74 Å². The van der Waals surface area contributed by atoms with Crippen molar-refractivity contribution >= 4 is 23.4 Å². The van der Waals surface area contributed by atoms with Gasteiger partial charge in [0, 0.05) is 49.0 Å². The van der Waals surface area contributed by atoms with Crippen LogP contribution in [-0.4, -0.2) is 65.6 Å². The smallest absolute Gasteiger partial charge is 0.225 e. The predicted octanol–water partition coefficient (Wildman–Crippen LogP) is 5.29. The Morgan fingerprint density at radius 2 is 1.61 bits per heavy atom. The molecule has 1 aliphatic carbocycles. The van der Waals surface area contributed by atoms with Crippen LogP contribution >= 0.6 is 11.6 Å². The zero-order valence-electron chi connectivity index (χ0n) is 22.1. The maximum Gasteiger partial charge on any atom is 0.225 e. The van der Waals surface area contributed by atoms with E-state index in [1.165, 1.54) is 12.8 Å². The molecular weight excluding hydrogens is 476 g/mol. The van der Waals surface area contributed by atoms with Crippen molar-refractivity contribution < 1.29 is 19.4 Å². The summed E-state index contributed by atoms with van der Waals surface area (Å²) in [5, 5.41) is 10.6. The summed E-state index contributed by atoms with van der Waals surface area (Å²) in [7, 11) is 0. The molecule has 36 heavy (non-hydrogen) atoms. The van der Waals surface area contributed by atoms with Gasteiger partial charge in [-0.1, -0.05) is 37.3 Å². The number of piperidine rings is 2. The van der Waals surface area contributed by atoms with Gasteiger partial charge in [0.25, 0.3) is 0 Å². The van der Waals surface area contributed by atoms with Crippen LogP contribution in [0.2, 0.25) is 5.02 Å². The second-order valence-electron chi connectivity index (χ2n) is 11.5. The van der Waals surface area contributed by atoms with Crippen molar-refractivity contribution in [2.45, 2.75) is 90.6 Å². The Kier molecular flexibility index (Phi) is 9.21. The van der Waals surface area contributed by atoms with E-state index < -0.39 is 5.41 Å². The Balaban J connectivity index is 1.51. The number of amides is 2. The van der Waals surface area contributed by atoms with E-state index in [9.17, 15) is 14.7 Å². The lowest BCUT2D eigenvalue weighted by atomic mass is 9.76. The third kappa shape index (κ3) is 6.74. The molecule has 4 rings (SSSR count). The number of aliphatic hydroxyl groups is 1. The molecule has 1 saturated carbocycles. The van der Waals surface area contributed by atoms with Crippen LogP contribution in [0.25, 0.3) is 0 Å². The van der Waals surface area contributed by atoms with Crippen LogP contribution in [0.15, 0.2) is 12.1 Å². The molecule has 200 valence electrons. The Bertz CT molecular complexity index is 899. The highest BCUT2D eigenvalue weighted by atomic mass is 35.5. The second-order valence-corrected chi connectivity index (χ2v) is 11.9. The summed E-state index contributed by atoms with van der Waals surface area (Å²) in [6, 6.07) is 3.91. The lowest BCUT2D eigenvalue weighted by molar-refractivity contribution is -0.145. The molecule has 7 heteroatoms. The second kappa shape index (κ2) is 12.2. The third-order valence-corrected chi connectivity index (χ3v) is 9.07. The van der Waals surface area contributed by atoms with Crippen molar-refractivity contribution in [1.29, 1.82) is 0 Å². The third-order valence-electron chi connectivity index (χ3n) is 8.48. The molecule has 0 bridgehead atoms. The summed E-state index contributed by atoms with van der Waals surface area (Å²) in [6.45, 7) is 6.86. The summed E-state index contributed by atoms with van der Waals surface area (Å²) in [5.74, 6) is 1.25. The van der Waals surface area contributed by atoms with E-state index in [1.807, 2.05) is 35.8 Å². The molecule has 3 aliphatic rings. The van der Waals surface area contributed by atoms with E-state index >= 15 is 0 Å². The minimum Gasteiger partial charge on any atom is -0.493 e. The van der Waals surface area contributed by atoms with Crippen LogP contribution in [-0.2, 0) is 9.59 Å². The molecule has 0 unspecified atom stereocenters. The van der Waals surface area contributed by atoms with Crippen molar-refractivity contribution in [3.05, 3.63) is 28.3 Å². The molecule has 3 fully saturated rings. The molecule has 2 heterocycles. The number of nitrogens with zero attached hydrogens (tertiary/aromatic N) is 2. The number of hydrogen-bond donors (Lipinski definition) is 1. The maximum atomic E-state index is 13.6. The first-order valence-electron chi connectivity index (χ1n) is 13.9. The largest absolute Gasteiger partial charge is 0.493 e. The summed E-state index contributed by atoms with van der Waals surface area (Å²) < 4.78 is 6.36. The van der Waals surface area contributed by atoms with Crippen LogP contribution in [0.3, 0.4) is 0 Å². The quantitative estimate of drug-likeness (QED) is 0.519. The van der Waals surface area contributed by atoms with Crippen LogP contribution in [0.4, 0.5) is 0 Å². The van der Waals surface area contributed by atoms with Gasteiger partial charge in [0.2, 0.25) is 11.8 Å². The van der Waals surface area contributed by atoms with Gasteiger partial charge in [-0.05, 0) is 75.6 Å². The molecule has 1 N–H and O–H groups in total. The molecule has 2 saturated heterocycles. The van der Waals surface area contributed by atoms with E-state index in [4.69, 9.17) is 16.3 Å². The number of halogens is 1. The molecular formula is C29H43ClN2O4. The van der Waals surface area contributed by atoms with Gasteiger partial charge >= 0.3 is 0 Å². The molecule has 2 aliphatic heterocycles. The number of rotatable bonds is 6. The summed E-state index contributed by atoms with van der Waals surface area (Å²) in [6.07, 6.45) is 9.72. The number of likely N-dealkylation sites (tertiary alicyclic amines) is 2. The highest BCUT2D eigenvalue weighted by molar-refractivity contribution is 6.32. The predicted molar refractivity (Wildman–Crippen MR) is 142 cm³/mol. The molecule has 1 aromatic carbocycles. The fraction of sp³-hybridized carbons (Fsp3) is 0.724. The molecule has 0 aromatic heterocycles. The lowest BCUT2D eigenvalue weighted by Gasteiger charge is -2.44. The van der Waals surface area contributed by atoms with E-state index in [0.717, 1.165) is 67.0 Å². The highest BCUT2D eigenvalue weighted by Crippen LogP contribution is 2.38. The summed E-state index contributed by atoms with van der Waals surface area (Å²) in [4.78, 5) is 30.9. The van der Waals surface area contributed by atoms with Crippen molar-refractivity contribution in [2.24, 2.45) is 11.3 Å². The number of ether oxygens (including phenoxy) is 1. The molecule has 1 aromatic rings. The number of aryl methyl sites for hydroxylation is 2.